The Balaban J connectivity index is 2.02. The van der Waals surface area contributed by atoms with Gasteiger partial charge >= 0.3 is 6.03 Å². The Hall–Kier alpha value is -2.84. The number of hydrogen-bond acceptors (Lipinski definition) is 5. The average molecular weight is 494 g/mol. The highest BCUT2D eigenvalue weighted by atomic mass is 79.9. The van der Waals surface area contributed by atoms with Gasteiger partial charge in [-0.05, 0) is 61.9 Å². The number of nitrogens with one attached hydrogen (secondary N) is 1. The highest BCUT2D eigenvalue weighted by Crippen LogP contribution is 2.38. The van der Waals surface area contributed by atoms with E-state index in [1.165, 1.54) is 13.2 Å². The first-order chi connectivity index (χ1) is 14.2. The minimum atomic E-state index is -0.819. The highest BCUT2D eigenvalue weighted by Gasteiger charge is 2.36. The Kier molecular flexibility index (Phi) is 6.48. The largest absolute Gasteiger partial charge is 0.493 e. The van der Waals surface area contributed by atoms with E-state index in [0.717, 1.165) is 9.37 Å². The molecular formula is C21H18BrClN2O5. The van der Waals surface area contributed by atoms with Gasteiger partial charge in [0.25, 0.3) is 11.8 Å². The standard InChI is InChI=1S/C21H18BrClN2O5/c1-11(2)30-18-16(23)9-12(10-17(18)29-3)8-15-19(26)24-21(28)25(20(15)27)14-6-4-13(22)5-7-14/h4-11H,1-3H3,(H,24,26,28)/b15-8+. The molecule has 4 amide bonds. The van der Waals surface area contributed by atoms with Crippen LogP contribution in [0.15, 0.2) is 46.4 Å². The number of methoxy groups -OCH3 is 1. The normalized spacial score (nSPS) is 15.6. The first-order valence-electron chi connectivity index (χ1n) is 8.92. The summed E-state index contributed by atoms with van der Waals surface area (Å²) in [6, 6.07) is 8.88. The summed E-state index contributed by atoms with van der Waals surface area (Å²) in [6.07, 6.45) is 1.22. The van der Waals surface area contributed by atoms with Crippen LogP contribution in [-0.4, -0.2) is 31.1 Å². The Labute approximate surface area is 186 Å². The zero-order chi connectivity index (χ0) is 22.0. The molecule has 1 N–H and O–H groups in total. The molecule has 2 aromatic carbocycles. The van der Waals surface area contributed by atoms with Gasteiger partial charge in [0.05, 0.1) is 23.9 Å². The van der Waals surface area contributed by atoms with Gasteiger partial charge in [-0.3, -0.25) is 14.9 Å². The quantitative estimate of drug-likeness (QED) is 0.487. The number of barbiturate groups is 1. The predicted octanol–water partition coefficient (Wildman–Crippen LogP) is 4.56. The topological polar surface area (TPSA) is 84.9 Å². The molecule has 0 atom stereocenters. The van der Waals surface area contributed by atoms with E-state index in [9.17, 15) is 14.4 Å². The van der Waals surface area contributed by atoms with Gasteiger partial charge in [0, 0.05) is 4.47 Å². The maximum absolute atomic E-state index is 13.0. The Morgan fingerprint density at radius 2 is 1.80 bits per heavy atom. The van der Waals surface area contributed by atoms with Crippen molar-refractivity contribution in [1.29, 1.82) is 0 Å². The number of carbonyl (C=O) groups is 3. The highest BCUT2D eigenvalue weighted by molar-refractivity contribution is 9.10. The predicted molar refractivity (Wildman–Crippen MR) is 117 cm³/mol. The summed E-state index contributed by atoms with van der Waals surface area (Å²) in [5.74, 6) is -0.824. The van der Waals surface area contributed by atoms with Gasteiger partial charge in [-0.15, -0.1) is 0 Å². The van der Waals surface area contributed by atoms with Gasteiger partial charge < -0.3 is 9.47 Å². The lowest BCUT2D eigenvalue weighted by Gasteiger charge is -2.26. The van der Waals surface area contributed by atoms with E-state index in [2.05, 4.69) is 21.2 Å². The van der Waals surface area contributed by atoms with Crippen molar-refractivity contribution in [3.63, 3.8) is 0 Å². The summed E-state index contributed by atoms with van der Waals surface area (Å²) in [5, 5.41) is 2.45. The van der Waals surface area contributed by atoms with Crippen molar-refractivity contribution in [3.05, 3.63) is 57.0 Å². The molecule has 3 rings (SSSR count). The molecule has 0 saturated carbocycles. The van der Waals surface area contributed by atoms with E-state index in [1.807, 2.05) is 13.8 Å². The number of benzene rings is 2. The van der Waals surface area contributed by atoms with E-state index in [0.29, 0.717) is 22.7 Å². The zero-order valence-electron chi connectivity index (χ0n) is 16.4. The molecule has 7 nitrogen and oxygen atoms in total. The van der Waals surface area contributed by atoms with Gasteiger partial charge in [-0.2, -0.15) is 0 Å². The first-order valence-corrected chi connectivity index (χ1v) is 10.1. The summed E-state index contributed by atoms with van der Waals surface area (Å²) in [6.45, 7) is 3.70. The molecule has 0 spiro atoms. The summed E-state index contributed by atoms with van der Waals surface area (Å²) >= 11 is 9.62. The number of rotatable bonds is 5. The number of carbonyl (C=O) groups excluding carboxylic acids is 3. The van der Waals surface area contributed by atoms with E-state index >= 15 is 0 Å². The SMILES string of the molecule is COc1cc(/C=C2\C(=O)NC(=O)N(c3ccc(Br)cc3)C2=O)cc(Cl)c1OC(C)C. The average Bonchev–Trinajstić information content (AvgIpc) is 2.68. The molecule has 1 aliphatic heterocycles. The van der Waals surface area contributed by atoms with Crippen LogP contribution in [0.5, 0.6) is 11.5 Å². The number of nitrogens with zero attached hydrogens (tertiary/aromatic N) is 1. The fraction of sp³-hybridized carbons (Fsp3) is 0.190. The summed E-state index contributed by atoms with van der Waals surface area (Å²) < 4.78 is 11.8. The Morgan fingerprint density at radius 3 is 2.40 bits per heavy atom. The molecule has 0 aromatic heterocycles. The number of urea groups is 1. The van der Waals surface area contributed by atoms with Crippen molar-refractivity contribution in [2.75, 3.05) is 12.0 Å². The number of halogens is 2. The molecule has 0 aliphatic carbocycles. The van der Waals surface area contributed by atoms with Gasteiger partial charge in [-0.1, -0.05) is 27.5 Å². The van der Waals surface area contributed by atoms with Crippen LogP contribution in [0.1, 0.15) is 19.4 Å². The summed E-state index contributed by atoms with van der Waals surface area (Å²) in [5.41, 5.74) is 0.556. The number of amides is 4. The van der Waals surface area contributed by atoms with Crippen molar-refractivity contribution in [1.82, 2.24) is 5.32 Å². The number of hydrogen-bond donors (Lipinski definition) is 1. The van der Waals surface area contributed by atoms with Crippen molar-refractivity contribution in [2.45, 2.75) is 20.0 Å². The monoisotopic (exact) mass is 492 g/mol. The third kappa shape index (κ3) is 4.49. The molecule has 0 radical (unpaired) electrons. The molecule has 9 heteroatoms. The molecule has 0 bridgehead atoms. The lowest BCUT2D eigenvalue weighted by molar-refractivity contribution is -0.122. The molecule has 1 fully saturated rings. The molecule has 2 aromatic rings. The van der Waals surface area contributed by atoms with Crippen LogP contribution in [0.25, 0.3) is 6.08 Å². The maximum Gasteiger partial charge on any atom is 0.335 e. The van der Waals surface area contributed by atoms with Crippen LogP contribution in [-0.2, 0) is 9.59 Å². The van der Waals surface area contributed by atoms with Gasteiger partial charge in [-0.25, -0.2) is 9.69 Å². The summed E-state index contributed by atoms with van der Waals surface area (Å²) in [4.78, 5) is 38.5. The number of anilines is 1. The first kappa shape index (κ1) is 21.9. The molecule has 1 aliphatic rings. The minimum absolute atomic E-state index is 0.128. The van der Waals surface area contributed by atoms with Gasteiger partial charge in [0.1, 0.15) is 5.57 Å². The second-order valence-corrected chi connectivity index (χ2v) is 7.96. The van der Waals surface area contributed by atoms with E-state index in [1.54, 1.807) is 36.4 Å². The second-order valence-electron chi connectivity index (χ2n) is 6.63. The summed E-state index contributed by atoms with van der Waals surface area (Å²) in [7, 11) is 1.46. The molecule has 1 saturated heterocycles. The van der Waals surface area contributed by atoms with Crippen LogP contribution >= 0.6 is 27.5 Å². The van der Waals surface area contributed by atoms with Crippen LogP contribution in [0.4, 0.5) is 10.5 Å². The Bertz CT molecular complexity index is 1050. The van der Waals surface area contributed by atoms with Crippen molar-refractivity contribution in [3.8, 4) is 11.5 Å². The van der Waals surface area contributed by atoms with E-state index in [4.69, 9.17) is 21.1 Å². The Morgan fingerprint density at radius 1 is 1.13 bits per heavy atom. The van der Waals surface area contributed by atoms with Crippen LogP contribution in [0, 0.1) is 0 Å². The fourth-order valence-corrected chi connectivity index (χ4v) is 3.35. The molecule has 156 valence electrons. The molecule has 1 heterocycles. The molecule has 0 unspecified atom stereocenters. The van der Waals surface area contributed by atoms with Crippen molar-refractivity contribution in [2.24, 2.45) is 0 Å². The van der Waals surface area contributed by atoms with Crippen LogP contribution in [0.3, 0.4) is 0 Å². The number of ether oxygens (including phenoxy) is 2. The lowest BCUT2D eigenvalue weighted by atomic mass is 10.1. The van der Waals surface area contributed by atoms with Crippen molar-refractivity contribution < 1.29 is 23.9 Å². The smallest absolute Gasteiger partial charge is 0.335 e. The zero-order valence-corrected chi connectivity index (χ0v) is 18.7. The maximum atomic E-state index is 13.0. The van der Waals surface area contributed by atoms with Crippen LogP contribution in [0.2, 0.25) is 5.02 Å². The fourth-order valence-electron chi connectivity index (χ4n) is 2.82. The third-order valence-electron chi connectivity index (χ3n) is 4.10. The van der Waals surface area contributed by atoms with Gasteiger partial charge in [0.15, 0.2) is 11.5 Å². The molecule has 30 heavy (non-hydrogen) atoms. The number of imide groups is 2. The second kappa shape index (κ2) is 8.89. The minimum Gasteiger partial charge on any atom is -0.493 e. The van der Waals surface area contributed by atoms with Crippen molar-refractivity contribution >= 4 is 57.1 Å². The third-order valence-corrected chi connectivity index (χ3v) is 4.91. The van der Waals surface area contributed by atoms with E-state index < -0.39 is 17.8 Å². The molecular weight excluding hydrogens is 476 g/mol. The van der Waals surface area contributed by atoms with E-state index in [-0.39, 0.29) is 16.7 Å². The van der Waals surface area contributed by atoms with Gasteiger partial charge in [0.2, 0.25) is 0 Å². The van der Waals surface area contributed by atoms with Crippen LogP contribution < -0.4 is 19.7 Å². The lowest BCUT2D eigenvalue weighted by Crippen LogP contribution is -2.54.